The highest BCUT2D eigenvalue weighted by molar-refractivity contribution is 5.29. The topological polar surface area (TPSA) is 34.1 Å². The molecule has 1 saturated carbocycles. The second kappa shape index (κ2) is 4.65. The fourth-order valence-corrected chi connectivity index (χ4v) is 2.73. The molecule has 17 heavy (non-hydrogen) atoms. The van der Waals surface area contributed by atoms with Gasteiger partial charge in [0, 0.05) is 17.7 Å². The third kappa shape index (κ3) is 2.29. The minimum absolute atomic E-state index is 0.349. The number of pyridine rings is 1. The van der Waals surface area contributed by atoms with Gasteiger partial charge in [-0.3, -0.25) is 0 Å². The van der Waals surface area contributed by atoms with E-state index in [-0.39, 0.29) is 0 Å². The van der Waals surface area contributed by atoms with Crippen molar-refractivity contribution in [3.63, 3.8) is 0 Å². The Labute approximate surface area is 104 Å². The molecule has 0 amide bonds. The van der Waals surface area contributed by atoms with Crippen LogP contribution < -0.4 is 10.1 Å². The maximum Gasteiger partial charge on any atom is 0.213 e. The van der Waals surface area contributed by atoms with Crippen molar-refractivity contribution in [3.05, 3.63) is 23.9 Å². The summed E-state index contributed by atoms with van der Waals surface area (Å²) in [4.78, 5) is 4.56. The summed E-state index contributed by atoms with van der Waals surface area (Å²) in [6, 6.07) is 6.04. The Morgan fingerprint density at radius 3 is 2.82 bits per heavy atom. The Morgan fingerprint density at radius 2 is 2.18 bits per heavy atom. The second-order valence-electron chi connectivity index (χ2n) is 5.32. The van der Waals surface area contributed by atoms with E-state index in [0.717, 1.165) is 18.8 Å². The number of rotatable bonds is 5. The number of methoxy groups -OCH3 is 1. The van der Waals surface area contributed by atoms with Gasteiger partial charge in [-0.2, -0.15) is 0 Å². The molecule has 1 aromatic heterocycles. The van der Waals surface area contributed by atoms with E-state index in [1.54, 1.807) is 7.11 Å². The first kappa shape index (κ1) is 12.4. The summed E-state index contributed by atoms with van der Waals surface area (Å²) < 4.78 is 5.19. The normalized spacial score (nSPS) is 25.6. The molecule has 3 heteroatoms. The molecule has 94 valence electrons. The van der Waals surface area contributed by atoms with Gasteiger partial charge in [0.2, 0.25) is 5.88 Å². The van der Waals surface area contributed by atoms with Crippen LogP contribution >= 0.6 is 0 Å². The fourth-order valence-electron chi connectivity index (χ4n) is 2.73. The van der Waals surface area contributed by atoms with Gasteiger partial charge in [-0.1, -0.05) is 26.8 Å². The first-order chi connectivity index (χ1) is 8.11. The third-order valence-corrected chi connectivity index (χ3v) is 3.94. The summed E-state index contributed by atoms with van der Waals surface area (Å²) in [6.07, 6.45) is 0. The zero-order valence-electron chi connectivity index (χ0n) is 11.2. The van der Waals surface area contributed by atoms with Crippen LogP contribution in [0.25, 0.3) is 0 Å². The van der Waals surface area contributed by atoms with Crippen LogP contribution in [0.5, 0.6) is 5.88 Å². The Balaban J connectivity index is 2.12. The molecule has 0 saturated heterocycles. The van der Waals surface area contributed by atoms with Gasteiger partial charge >= 0.3 is 0 Å². The van der Waals surface area contributed by atoms with Gasteiger partial charge < -0.3 is 10.1 Å². The summed E-state index contributed by atoms with van der Waals surface area (Å²) >= 11 is 0. The van der Waals surface area contributed by atoms with E-state index in [1.165, 1.54) is 0 Å². The van der Waals surface area contributed by atoms with Crippen molar-refractivity contribution < 1.29 is 4.74 Å². The van der Waals surface area contributed by atoms with Crippen LogP contribution in [0.4, 0.5) is 0 Å². The third-order valence-electron chi connectivity index (χ3n) is 3.94. The monoisotopic (exact) mass is 234 g/mol. The second-order valence-corrected chi connectivity index (χ2v) is 5.32. The average Bonchev–Trinajstić information content (AvgIpc) is 2.88. The largest absolute Gasteiger partial charge is 0.481 e. The first-order valence-electron chi connectivity index (χ1n) is 6.33. The zero-order chi connectivity index (χ0) is 12.5. The first-order valence-corrected chi connectivity index (χ1v) is 6.33. The standard InChI is InChI=1S/C14H22N2O/c1-5-15-9-10-13(14(10,2)3)11-7-6-8-12(16-11)17-4/h6-8,10,13,15H,5,9H2,1-4H3. The van der Waals surface area contributed by atoms with E-state index >= 15 is 0 Å². The van der Waals surface area contributed by atoms with E-state index < -0.39 is 0 Å². The lowest BCUT2D eigenvalue weighted by atomic mass is 10.1. The number of nitrogens with zero attached hydrogens (tertiary/aromatic N) is 1. The van der Waals surface area contributed by atoms with E-state index in [9.17, 15) is 0 Å². The Bertz CT molecular complexity index is 390. The molecule has 1 fully saturated rings. The van der Waals surface area contributed by atoms with Crippen molar-refractivity contribution in [2.75, 3.05) is 20.2 Å². The molecule has 0 aromatic carbocycles. The van der Waals surface area contributed by atoms with Gasteiger partial charge in [0.25, 0.3) is 0 Å². The van der Waals surface area contributed by atoms with Gasteiger partial charge in [0.05, 0.1) is 7.11 Å². The van der Waals surface area contributed by atoms with Crippen molar-refractivity contribution >= 4 is 0 Å². The molecule has 1 aromatic rings. The Hall–Kier alpha value is -1.09. The fraction of sp³-hybridized carbons (Fsp3) is 0.643. The van der Waals surface area contributed by atoms with Crippen LogP contribution in [0.15, 0.2) is 18.2 Å². The zero-order valence-corrected chi connectivity index (χ0v) is 11.2. The molecule has 0 radical (unpaired) electrons. The lowest BCUT2D eigenvalue weighted by Crippen LogP contribution is -2.17. The van der Waals surface area contributed by atoms with Crippen LogP contribution in [-0.4, -0.2) is 25.2 Å². The predicted octanol–water partition coefficient (Wildman–Crippen LogP) is 2.44. The van der Waals surface area contributed by atoms with Crippen LogP contribution in [0.2, 0.25) is 0 Å². The van der Waals surface area contributed by atoms with Gasteiger partial charge in [0.1, 0.15) is 0 Å². The lowest BCUT2D eigenvalue weighted by molar-refractivity contribution is 0.395. The highest BCUT2D eigenvalue weighted by Crippen LogP contribution is 2.63. The van der Waals surface area contributed by atoms with E-state index in [4.69, 9.17) is 4.74 Å². The molecule has 0 aliphatic heterocycles. The minimum atomic E-state index is 0.349. The average molecular weight is 234 g/mol. The molecule has 2 rings (SSSR count). The van der Waals surface area contributed by atoms with Crippen molar-refractivity contribution in [3.8, 4) is 5.88 Å². The lowest BCUT2D eigenvalue weighted by Gasteiger charge is -2.04. The Morgan fingerprint density at radius 1 is 1.41 bits per heavy atom. The van der Waals surface area contributed by atoms with Gasteiger partial charge in [-0.25, -0.2) is 4.98 Å². The van der Waals surface area contributed by atoms with Crippen molar-refractivity contribution in [1.82, 2.24) is 10.3 Å². The van der Waals surface area contributed by atoms with Gasteiger partial charge in [0.15, 0.2) is 0 Å². The summed E-state index contributed by atoms with van der Waals surface area (Å²) in [5, 5.41) is 3.44. The molecule has 2 atom stereocenters. The quantitative estimate of drug-likeness (QED) is 0.849. The predicted molar refractivity (Wildman–Crippen MR) is 69.3 cm³/mol. The van der Waals surface area contributed by atoms with Crippen LogP contribution in [0, 0.1) is 11.3 Å². The summed E-state index contributed by atoms with van der Waals surface area (Å²) in [5.74, 6) is 1.95. The van der Waals surface area contributed by atoms with Gasteiger partial charge in [-0.15, -0.1) is 0 Å². The molecule has 3 nitrogen and oxygen atoms in total. The number of aromatic nitrogens is 1. The molecule has 1 aliphatic carbocycles. The molecule has 0 bridgehead atoms. The molecule has 1 heterocycles. The summed E-state index contributed by atoms with van der Waals surface area (Å²) in [7, 11) is 1.67. The van der Waals surface area contributed by atoms with Crippen LogP contribution in [0.3, 0.4) is 0 Å². The number of nitrogens with one attached hydrogen (secondary N) is 1. The summed E-state index contributed by atoms with van der Waals surface area (Å²) in [5.41, 5.74) is 1.51. The highest BCUT2D eigenvalue weighted by atomic mass is 16.5. The van der Waals surface area contributed by atoms with E-state index in [0.29, 0.717) is 23.1 Å². The van der Waals surface area contributed by atoms with Gasteiger partial charge in [-0.05, 0) is 30.5 Å². The number of hydrogen-bond donors (Lipinski definition) is 1. The van der Waals surface area contributed by atoms with Crippen LogP contribution in [0.1, 0.15) is 32.4 Å². The molecule has 1 aliphatic rings. The molecular formula is C14H22N2O. The highest BCUT2D eigenvalue weighted by Gasteiger charge is 2.58. The number of hydrogen-bond acceptors (Lipinski definition) is 3. The van der Waals surface area contributed by atoms with Crippen LogP contribution in [-0.2, 0) is 0 Å². The molecular weight excluding hydrogens is 212 g/mol. The summed E-state index contributed by atoms with van der Waals surface area (Å²) in [6.45, 7) is 8.90. The SMILES string of the molecule is CCNCC1C(c2cccc(OC)n2)C1(C)C. The molecule has 0 spiro atoms. The maximum absolute atomic E-state index is 5.19. The maximum atomic E-state index is 5.19. The van der Waals surface area contributed by atoms with Crippen molar-refractivity contribution in [1.29, 1.82) is 0 Å². The Kier molecular flexibility index (Phi) is 3.38. The van der Waals surface area contributed by atoms with Crippen molar-refractivity contribution in [2.45, 2.75) is 26.7 Å². The molecule has 1 N–H and O–H groups in total. The van der Waals surface area contributed by atoms with Crippen molar-refractivity contribution in [2.24, 2.45) is 11.3 Å². The minimum Gasteiger partial charge on any atom is -0.481 e. The number of ether oxygens (including phenoxy) is 1. The van der Waals surface area contributed by atoms with E-state index in [1.807, 2.05) is 12.1 Å². The van der Waals surface area contributed by atoms with E-state index in [2.05, 4.69) is 37.1 Å². The smallest absolute Gasteiger partial charge is 0.213 e. The molecule has 2 unspecified atom stereocenters.